The van der Waals surface area contributed by atoms with Crippen LogP contribution in [0.25, 0.3) is 0 Å². The van der Waals surface area contributed by atoms with Crippen LogP contribution in [0.5, 0.6) is 11.5 Å². The number of nitrogens with zero attached hydrogens (tertiary/aromatic N) is 1. The maximum absolute atomic E-state index is 12.1. The summed E-state index contributed by atoms with van der Waals surface area (Å²) >= 11 is 0. The normalized spacial score (nSPS) is 14.9. The largest absolute Gasteiger partial charge is 0.457 e. The van der Waals surface area contributed by atoms with Crippen molar-refractivity contribution in [3.05, 3.63) is 96.1 Å². The molecule has 1 fully saturated rings. The molecule has 1 aliphatic rings. The van der Waals surface area contributed by atoms with Crippen LogP contribution < -0.4 is 10.1 Å². The summed E-state index contributed by atoms with van der Waals surface area (Å²) < 4.78 is 5.89. The van der Waals surface area contributed by atoms with Crippen LogP contribution in [0.4, 0.5) is 0 Å². The zero-order valence-electron chi connectivity index (χ0n) is 17.2. The third-order valence-electron chi connectivity index (χ3n) is 5.67. The van der Waals surface area contributed by atoms with Crippen LogP contribution in [0, 0.1) is 0 Å². The van der Waals surface area contributed by atoms with E-state index in [-0.39, 0.29) is 5.91 Å². The Bertz CT molecular complexity index is 918. The first-order valence-corrected chi connectivity index (χ1v) is 10.7. The molecule has 0 atom stereocenters. The molecule has 0 radical (unpaired) electrons. The lowest BCUT2D eigenvalue weighted by atomic mass is 9.89. The highest BCUT2D eigenvalue weighted by Crippen LogP contribution is 2.30. The molecule has 0 spiro atoms. The first-order chi connectivity index (χ1) is 14.8. The molecule has 1 N–H and O–H groups in total. The van der Waals surface area contributed by atoms with Gasteiger partial charge >= 0.3 is 0 Å². The third-order valence-corrected chi connectivity index (χ3v) is 5.67. The summed E-state index contributed by atoms with van der Waals surface area (Å²) in [5.41, 5.74) is 2.10. The van der Waals surface area contributed by atoms with Crippen molar-refractivity contribution in [2.75, 3.05) is 26.2 Å². The van der Waals surface area contributed by atoms with E-state index < -0.39 is 0 Å². The highest BCUT2D eigenvalue weighted by Gasteiger charge is 2.20. The summed E-state index contributed by atoms with van der Waals surface area (Å²) in [6.07, 6.45) is 2.29. The molecule has 4 nitrogen and oxygen atoms in total. The summed E-state index contributed by atoms with van der Waals surface area (Å²) in [6.45, 7) is 3.71. The lowest BCUT2D eigenvalue weighted by molar-refractivity contribution is 0.0946. The Morgan fingerprint density at radius 3 is 2.10 bits per heavy atom. The Balaban J connectivity index is 1.20. The second-order valence-corrected chi connectivity index (χ2v) is 7.72. The molecular formula is C26H28N2O2. The number of benzene rings is 3. The van der Waals surface area contributed by atoms with Gasteiger partial charge in [-0.3, -0.25) is 4.79 Å². The molecule has 1 amide bonds. The van der Waals surface area contributed by atoms with Gasteiger partial charge in [0.2, 0.25) is 0 Å². The molecular weight excluding hydrogens is 372 g/mol. The van der Waals surface area contributed by atoms with E-state index in [4.69, 9.17) is 4.74 Å². The van der Waals surface area contributed by atoms with Gasteiger partial charge in [0.25, 0.3) is 5.91 Å². The van der Waals surface area contributed by atoms with Gasteiger partial charge in [-0.25, -0.2) is 0 Å². The number of hydrogen-bond donors (Lipinski definition) is 1. The van der Waals surface area contributed by atoms with Crippen molar-refractivity contribution in [3.8, 4) is 11.5 Å². The summed E-state index contributed by atoms with van der Waals surface area (Å²) in [5, 5.41) is 3.02. The minimum atomic E-state index is 0.00305. The first-order valence-electron chi connectivity index (χ1n) is 10.7. The van der Waals surface area contributed by atoms with Crippen LogP contribution in [0.15, 0.2) is 84.9 Å². The van der Waals surface area contributed by atoms with Crippen molar-refractivity contribution in [3.63, 3.8) is 0 Å². The second-order valence-electron chi connectivity index (χ2n) is 7.72. The van der Waals surface area contributed by atoms with Gasteiger partial charge in [-0.05, 0) is 73.8 Å². The molecule has 1 saturated heterocycles. The predicted octanol–water partition coefficient (Wildman–Crippen LogP) is 5.09. The fraction of sp³-hybridized carbons (Fsp3) is 0.269. The van der Waals surface area contributed by atoms with Crippen molar-refractivity contribution in [2.24, 2.45) is 0 Å². The molecule has 1 heterocycles. The van der Waals surface area contributed by atoms with Crippen LogP contribution in [0.2, 0.25) is 0 Å². The number of likely N-dealkylation sites (tertiary alicyclic amines) is 1. The van der Waals surface area contributed by atoms with Crippen LogP contribution in [-0.2, 0) is 0 Å². The van der Waals surface area contributed by atoms with Gasteiger partial charge in [0.15, 0.2) is 0 Å². The van der Waals surface area contributed by atoms with E-state index in [1.807, 2.05) is 60.7 Å². The van der Waals surface area contributed by atoms with Crippen molar-refractivity contribution in [1.82, 2.24) is 10.2 Å². The van der Waals surface area contributed by atoms with Gasteiger partial charge in [-0.2, -0.15) is 0 Å². The monoisotopic (exact) mass is 400 g/mol. The van der Waals surface area contributed by atoms with Crippen LogP contribution in [-0.4, -0.2) is 37.0 Å². The summed E-state index contributed by atoms with van der Waals surface area (Å²) in [6, 6.07) is 27.8. The molecule has 3 aromatic rings. The zero-order chi connectivity index (χ0) is 20.6. The molecule has 3 aromatic carbocycles. The van der Waals surface area contributed by atoms with Crippen LogP contribution in [0.3, 0.4) is 0 Å². The maximum Gasteiger partial charge on any atom is 0.251 e. The Kier molecular flexibility index (Phi) is 6.78. The van der Waals surface area contributed by atoms with E-state index in [0.717, 1.165) is 49.5 Å². The van der Waals surface area contributed by atoms with E-state index >= 15 is 0 Å². The molecule has 4 rings (SSSR count). The molecule has 0 aliphatic carbocycles. The van der Waals surface area contributed by atoms with Crippen molar-refractivity contribution in [2.45, 2.75) is 18.8 Å². The van der Waals surface area contributed by atoms with E-state index in [0.29, 0.717) is 12.5 Å². The first kappa shape index (κ1) is 20.2. The number of rotatable bonds is 7. The molecule has 0 aromatic heterocycles. The number of carbonyl (C=O) groups is 1. The van der Waals surface area contributed by atoms with E-state index in [2.05, 4.69) is 34.5 Å². The van der Waals surface area contributed by atoms with Crippen molar-refractivity contribution >= 4 is 5.91 Å². The van der Waals surface area contributed by atoms with E-state index in [1.165, 1.54) is 5.56 Å². The summed E-state index contributed by atoms with van der Waals surface area (Å²) in [7, 11) is 0. The minimum absolute atomic E-state index is 0.00305. The quantitative estimate of drug-likeness (QED) is 0.601. The predicted molar refractivity (Wildman–Crippen MR) is 120 cm³/mol. The number of para-hydroxylation sites is 1. The topological polar surface area (TPSA) is 41.6 Å². The highest BCUT2D eigenvalue weighted by atomic mass is 16.5. The second kappa shape index (κ2) is 10.1. The standard InChI is InChI=1S/C26H28N2O2/c29-26(23-7-3-1-4-8-23)27-17-20-28-18-15-22(16-19-28)21-11-13-25(14-12-21)30-24-9-5-2-6-10-24/h1-14,22H,15-20H2,(H,27,29). The van der Waals surface area contributed by atoms with Gasteiger partial charge in [0.1, 0.15) is 11.5 Å². The average molecular weight is 401 g/mol. The summed E-state index contributed by atoms with van der Waals surface area (Å²) in [4.78, 5) is 14.6. The van der Waals surface area contributed by atoms with Crippen LogP contribution >= 0.6 is 0 Å². The molecule has 154 valence electrons. The Morgan fingerprint density at radius 2 is 1.43 bits per heavy atom. The number of carbonyl (C=O) groups excluding carboxylic acids is 1. The molecule has 0 saturated carbocycles. The lowest BCUT2D eigenvalue weighted by Gasteiger charge is -2.32. The van der Waals surface area contributed by atoms with Gasteiger partial charge in [0.05, 0.1) is 0 Å². The third kappa shape index (κ3) is 5.49. The number of hydrogen-bond acceptors (Lipinski definition) is 3. The number of piperidine rings is 1. The lowest BCUT2D eigenvalue weighted by Crippen LogP contribution is -2.39. The van der Waals surface area contributed by atoms with E-state index in [9.17, 15) is 4.79 Å². The Labute approximate surface area is 178 Å². The number of amides is 1. The fourth-order valence-corrected chi connectivity index (χ4v) is 3.94. The average Bonchev–Trinajstić information content (AvgIpc) is 2.81. The smallest absolute Gasteiger partial charge is 0.251 e. The zero-order valence-corrected chi connectivity index (χ0v) is 17.2. The van der Waals surface area contributed by atoms with Gasteiger partial charge in [-0.15, -0.1) is 0 Å². The SMILES string of the molecule is O=C(NCCN1CCC(c2ccc(Oc3ccccc3)cc2)CC1)c1ccccc1. The van der Waals surface area contributed by atoms with Gasteiger partial charge in [0, 0.05) is 18.7 Å². The van der Waals surface area contributed by atoms with Gasteiger partial charge in [-0.1, -0.05) is 48.5 Å². The number of nitrogens with one attached hydrogen (secondary N) is 1. The molecule has 30 heavy (non-hydrogen) atoms. The van der Waals surface area contributed by atoms with Crippen molar-refractivity contribution in [1.29, 1.82) is 0 Å². The molecule has 0 bridgehead atoms. The van der Waals surface area contributed by atoms with Crippen molar-refractivity contribution < 1.29 is 9.53 Å². The molecule has 1 aliphatic heterocycles. The Hall–Kier alpha value is -3.11. The highest BCUT2D eigenvalue weighted by molar-refractivity contribution is 5.94. The van der Waals surface area contributed by atoms with E-state index in [1.54, 1.807) is 0 Å². The Morgan fingerprint density at radius 1 is 0.833 bits per heavy atom. The summed E-state index contributed by atoms with van der Waals surface area (Å²) in [5.74, 6) is 2.32. The maximum atomic E-state index is 12.1. The fourth-order valence-electron chi connectivity index (χ4n) is 3.94. The number of ether oxygens (including phenoxy) is 1. The minimum Gasteiger partial charge on any atom is -0.457 e. The molecule has 0 unspecified atom stereocenters. The van der Waals surface area contributed by atoms with Crippen LogP contribution in [0.1, 0.15) is 34.7 Å². The molecule has 4 heteroatoms. The van der Waals surface area contributed by atoms with Gasteiger partial charge < -0.3 is 15.0 Å².